The van der Waals surface area contributed by atoms with Gasteiger partial charge in [0.25, 0.3) is 0 Å². The molecule has 0 radical (unpaired) electrons. The van der Waals surface area contributed by atoms with Gasteiger partial charge in [0.15, 0.2) is 5.22 Å². The molecule has 2 aromatic rings. The van der Waals surface area contributed by atoms with E-state index in [2.05, 4.69) is 0 Å². The lowest BCUT2D eigenvalue weighted by Crippen LogP contribution is -2.61. The second-order valence-electron chi connectivity index (χ2n) is 9.05. The fraction of sp³-hybridized carbons (Fsp3) is 0.250. The number of carboxylic acids is 1. The number of hydrogen-bond acceptors (Lipinski definition) is 5. The van der Waals surface area contributed by atoms with E-state index in [4.69, 9.17) is 27.9 Å². The van der Waals surface area contributed by atoms with Gasteiger partial charge >= 0.3 is 5.97 Å². The molecule has 3 heterocycles. The normalized spacial score (nSPS) is 20.6. The Morgan fingerprint density at radius 3 is 2.70 bits per heavy atom. The molecule has 0 saturated carbocycles. The lowest BCUT2D eigenvalue weighted by atomic mass is 9.89. The van der Waals surface area contributed by atoms with Crippen LogP contribution >= 0.6 is 35.0 Å². The Hall–Kier alpha value is -3.00. The fourth-order valence-electron chi connectivity index (χ4n) is 4.81. The van der Waals surface area contributed by atoms with Crippen LogP contribution in [0.3, 0.4) is 0 Å². The first-order valence-electron chi connectivity index (χ1n) is 11.7. The van der Waals surface area contributed by atoms with Crippen molar-refractivity contribution in [1.82, 2.24) is 4.90 Å². The van der Waals surface area contributed by atoms with Crippen molar-refractivity contribution in [2.45, 2.75) is 30.7 Å². The van der Waals surface area contributed by atoms with Gasteiger partial charge in [-0.05, 0) is 57.1 Å². The smallest absolute Gasteiger partial charge is 0.352 e. The Bertz CT molecular complexity index is 1370. The van der Waals surface area contributed by atoms with Crippen LogP contribution in [0.4, 0.5) is 0 Å². The van der Waals surface area contributed by atoms with E-state index in [9.17, 15) is 19.5 Å². The minimum Gasteiger partial charge on any atom is -0.478 e. The van der Waals surface area contributed by atoms with E-state index in [1.807, 2.05) is 48.5 Å². The van der Waals surface area contributed by atoms with Gasteiger partial charge in [0.2, 0.25) is 5.91 Å². The molecule has 9 heteroatoms. The number of carbonyl (C=O) groups is 3. The molecule has 0 spiro atoms. The number of nitrogens with zero attached hydrogens (tertiary/aromatic N) is 1. The Morgan fingerprint density at radius 1 is 1.19 bits per heavy atom. The molecule has 0 aromatic heterocycles. The van der Waals surface area contributed by atoms with Gasteiger partial charge in [-0.25, -0.2) is 4.79 Å². The van der Waals surface area contributed by atoms with Gasteiger partial charge in [0.1, 0.15) is 18.1 Å². The first-order chi connectivity index (χ1) is 17.9. The lowest BCUT2D eigenvalue weighted by Gasteiger charge is -2.49. The molecular weight excluding hydrogens is 533 g/mol. The molecule has 37 heavy (non-hydrogen) atoms. The summed E-state index contributed by atoms with van der Waals surface area (Å²) in [5, 5.41) is 9.93. The van der Waals surface area contributed by atoms with Gasteiger partial charge in [-0.15, -0.1) is 23.4 Å². The number of benzene rings is 2. The molecule has 5 rings (SSSR count). The summed E-state index contributed by atoms with van der Waals surface area (Å²) < 4.78 is 5.37. The fourth-order valence-corrected chi connectivity index (χ4v) is 6.60. The highest BCUT2D eigenvalue weighted by atomic mass is 35.5. The molecule has 1 amide bonds. The van der Waals surface area contributed by atoms with Crippen molar-refractivity contribution in [2.75, 3.05) is 5.75 Å². The molecular formula is C28H23Cl2NO5S. The van der Waals surface area contributed by atoms with Crippen LogP contribution < -0.4 is 0 Å². The quantitative estimate of drug-likeness (QED) is 0.338. The molecule has 6 nitrogen and oxygen atoms in total. The number of hydrogen-bond donors (Lipinski definition) is 1. The molecule has 1 saturated heterocycles. The maximum absolute atomic E-state index is 13.0. The van der Waals surface area contributed by atoms with Gasteiger partial charge in [-0.2, -0.15) is 0 Å². The molecule has 0 aliphatic carbocycles. The second kappa shape index (κ2) is 10.8. The summed E-state index contributed by atoms with van der Waals surface area (Å²) in [4.78, 5) is 39.1. The number of allylic oxidation sites excluding steroid dienone is 1. The van der Waals surface area contributed by atoms with E-state index in [0.29, 0.717) is 23.2 Å². The maximum Gasteiger partial charge on any atom is 0.352 e. The van der Waals surface area contributed by atoms with Crippen molar-refractivity contribution in [3.8, 4) is 0 Å². The lowest BCUT2D eigenvalue weighted by molar-refractivity contribution is -0.153. The van der Waals surface area contributed by atoms with Crippen molar-refractivity contribution >= 4 is 64.8 Å². The Morgan fingerprint density at radius 2 is 1.97 bits per heavy atom. The van der Waals surface area contributed by atoms with Crippen LogP contribution in [-0.4, -0.2) is 38.8 Å². The highest BCUT2D eigenvalue weighted by Gasteiger charge is 2.53. The SMILES string of the molecule is O=C(Cc1ccccc1)CC1C(=O)N2C(C(=O)O)=C(/C=C/c3cc4c(cc3CCl)COC(Cl)=C4)CSC12. The standard InChI is InChI=1S/C28H23Cl2NO5S/c29-13-20-10-21-14-36-24(30)11-19(21)9-17(20)6-7-18-15-37-27-23(26(33)31(27)25(18)28(34)35)12-22(32)8-16-4-2-1-3-5-16/h1-7,9-11,23,27H,8,12-15H2,(H,34,35)/b7-6+. The molecule has 1 fully saturated rings. The Kier molecular flexibility index (Phi) is 7.47. The third-order valence-corrected chi connectivity index (χ3v) is 8.51. The third-order valence-electron chi connectivity index (χ3n) is 6.65. The number of ether oxygens (including phenoxy) is 1. The predicted molar refractivity (Wildman–Crippen MR) is 145 cm³/mol. The number of Topliss-reactive ketones (excluding diaryl/α,β-unsaturated/α-hetero) is 1. The van der Waals surface area contributed by atoms with Crippen LogP contribution in [0.5, 0.6) is 0 Å². The minimum atomic E-state index is -1.16. The predicted octanol–water partition coefficient (Wildman–Crippen LogP) is 5.58. The molecule has 2 unspecified atom stereocenters. The molecule has 3 aliphatic heterocycles. The summed E-state index contributed by atoms with van der Waals surface area (Å²) in [6, 6.07) is 13.3. The average Bonchev–Trinajstić information content (AvgIpc) is 2.89. The van der Waals surface area contributed by atoms with E-state index < -0.39 is 11.9 Å². The summed E-state index contributed by atoms with van der Waals surface area (Å²) >= 11 is 13.7. The molecule has 1 N–H and O–H groups in total. The van der Waals surface area contributed by atoms with E-state index in [1.165, 1.54) is 16.7 Å². The number of halogens is 2. The van der Waals surface area contributed by atoms with Crippen molar-refractivity contribution in [3.05, 3.63) is 92.8 Å². The molecule has 2 aromatic carbocycles. The van der Waals surface area contributed by atoms with Gasteiger partial charge < -0.3 is 9.84 Å². The van der Waals surface area contributed by atoms with Crippen LogP contribution in [0, 0.1) is 5.92 Å². The van der Waals surface area contributed by atoms with Crippen molar-refractivity contribution < 1.29 is 24.2 Å². The van der Waals surface area contributed by atoms with E-state index >= 15 is 0 Å². The van der Waals surface area contributed by atoms with Crippen LogP contribution in [-0.2, 0) is 38.0 Å². The van der Waals surface area contributed by atoms with E-state index in [-0.39, 0.29) is 41.5 Å². The summed E-state index contributed by atoms with van der Waals surface area (Å²) in [7, 11) is 0. The topological polar surface area (TPSA) is 83.9 Å². The van der Waals surface area contributed by atoms with Gasteiger partial charge in [0, 0.05) is 30.6 Å². The number of carbonyl (C=O) groups excluding carboxylic acids is 2. The van der Waals surface area contributed by atoms with Crippen LogP contribution in [0.1, 0.15) is 34.2 Å². The Balaban J connectivity index is 1.36. The summed E-state index contributed by atoms with van der Waals surface area (Å²) in [6.07, 6.45) is 5.65. The number of fused-ring (bicyclic) bond motifs is 2. The number of amides is 1. The van der Waals surface area contributed by atoms with Crippen LogP contribution in [0.2, 0.25) is 0 Å². The minimum absolute atomic E-state index is 0.0292. The molecule has 3 aliphatic rings. The zero-order valence-corrected chi connectivity index (χ0v) is 22.0. The largest absolute Gasteiger partial charge is 0.478 e. The monoisotopic (exact) mass is 555 g/mol. The average molecular weight is 556 g/mol. The van der Waals surface area contributed by atoms with E-state index in [1.54, 1.807) is 12.2 Å². The number of β-lactam (4-membered cyclic amide) rings is 1. The van der Waals surface area contributed by atoms with Gasteiger partial charge in [-0.1, -0.05) is 42.5 Å². The number of alkyl halides is 1. The molecule has 190 valence electrons. The number of aliphatic carboxylic acids is 1. The molecule has 2 atom stereocenters. The van der Waals surface area contributed by atoms with E-state index in [0.717, 1.165) is 27.8 Å². The first-order valence-corrected chi connectivity index (χ1v) is 13.7. The summed E-state index contributed by atoms with van der Waals surface area (Å²) in [6.45, 7) is 0.358. The van der Waals surface area contributed by atoms with Gasteiger partial charge in [-0.3, -0.25) is 14.5 Å². The maximum atomic E-state index is 13.0. The summed E-state index contributed by atoms with van der Waals surface area (Å²) in [5.74, 6) is -1.34. The zero-order chi connectivity index (χ0) is 26.1. The number of ketones is 1. The van der Waals surface area contributed by atoms with Gasteiger partial charge in [0.05, 0.1) is 11.3 Å². The number of thioether (sulfide) groups is 1. The second-order valence-corrected chi connectivity index (χ2v) is 10.8. The van der Waals surface area contributed by atoms with Crippen LogP contribution in [0.15, 0.2) is 65.0 Å². The highest BCUT2D eigenvalue weighted by Crippen LogP contribution is 2.45. The van der Waals surface area contributed by atoms with Crippen molar-refractivity contribution in [1.29, 1.82) is 0 Å². The number of carboxylic acid groups (broad SMARTS) is 1. The van der Waals surface area contributed by atoms with Crippen molar-refractivity contribution in [3.63, 3.8) is 0 Å². The third kappa shape index (κ3) is 5.21. The van der Waals surface area contributed by atoms with Crippen LogP contribution in [0.25, 0.3) is 12.2 Å². The Labute approximate surface area is 228 Å². The zero-order valence-electron chi connectivity index (χ0n) is 19.7. The van der Waals surface area contributed by atoms with Crippen molar-refractivity contribution in [2.24, 2.45) is 5.92 Å². The number of rotatable bonds is 8. The molecule has 0 bridgehead atoms. The summed E-state index contributed by atoms with van der Waals surface area (Å²) in [5.41, 5.74) is 5.00. The highest BCUT2D eigenvalue weighted by molar-refractivity contribution is 8.00. The first kappa shape index (κ1) is 25.6.